The van der Waals surface area contributed by atoms with Gasteiger partial charge in [-0.3, -0.25) is 4.79 Å². The minimum atomic E-state index is -0.356. The molecule has 0 aliphatic rings. The SMILES string of the molecule is CC(C)=CC(=O)[CH]O. The molecule has 0 rings (SSSR count). The number of ketones is 1. The van der Waals surface area contributed by atoms with Crippen molar-refractivity contribution in [1.29, 1.82) is 0 Å². The largest absolute Gasteiger partial charge is 0.382 e. The minimum absolute atomic E-state index is 0.356. The van der Waals surface area contributed by atoms with Crippen molar-refractivity contribution in [1.82, 2.24) is 0 Å². The van der Waals surface area contributed by atoms with E-state index >= 15 is 0 Å². The highest BCUT2D eigenvalue weighted by atomic mass is 16.3. The van der Waals surface area contributed by atoms with Crippen molar-refractivity contribution in [3.05, 3.63) is 18.3 Å². The summed E-state index contributed by atoms with van der Waals surface area (Å²) in [7, 11) is 0. The number of carbonyl (C=O) groups excluding carboxylic acids is 1. The van der Waals surface area contributed by atoms with Gasteiger partial charge in [-0.15, -0.1) is 0 Å². The average molecular weight is 113 g/mol. The van der Waals surface area contributed by atoms with Crippen molar-refractivity contribution < 1.29 is 9.90 Å². The molecular weight excluding hydrogens is 104 g/mol. The predicted octanol–water partition coefficient (Wildman–Crippen LogP) is 1.06. The first kappa shape index (κ1) is 7.37. The minimum Gasteiger partial charge on any atom is -0.382 e. The number of hydrogen-bond donors (Lipinski definition) is 1. The number of rotatable bonds is 2. The summed E-state index contributed by atoms with van der Waals surface area (Å²) in [5.74, 6) is -0.356. The Hall–Kier alpha value is -0.630. The van der Waals surface area contributed by atoms with Crippen LogP contribution in [0.25, 0.3) is 0 Å². The molecule has 0 spiro atoms. The van der Waals surface area contributed by atoms with E-state index in [9.17, 15) is 4.79 Å². The van der Waals surface area contributed by atoms with Crippen molar-refractivity contribution >= 4 is 5.78 Å². The molecule has 0 aromatic carbocycles. The monoisotopic (exact) mass is 113 g/mol. The van der Waals surface area contributed by atoms with E-state index in [1.807, 2.05) is 0 Å². The van der Waals surface area contributed by atoms with Gasteiger partial charge in [-0.25, -0.2) is 0 Å². The van der Waals surface area contributed by atoms with Crippen LogP contribution in [0.1, 0.15) is 13.8 Å². The highest BCUT2D eigenvalue weighted by Crippen LogP contribution is 1.89. The number of aliphatic hydroxyl groups excluding tert-OH is 1. The fourth-order valence-corrected chi connectivity index (χ4v) is 0.322. The van der Waals surface area contributed by atoms with Crippen LogP contribution in [0.15, 0.2) is 11.6 Å². The maximum Gasteiger partial charge on any atom is 0.187 e. The van der Waals surface area contributed by atoms with E-state index in [2.05, 4.69) is 0 Å². The van der Waals surface area contributed by atoms with Gasteiger partial charge in [0.05, 0.1) is 0 Å². The lowest BCUT2D eigenvalue weighted by Crippen LogP contribution is -1.91. The summed E-state index contributed by atoms with van der Waals surface area (Å²) in [6.07, 6.45) is 1.36. The molecule has 2 nitrogen and oxygen atoms in total. The molecule has 45 valence electrons. The molecule has 8 heavy (non-hydrogen) atoms. The molecule has 0 aliphatic heterocycles. The number of allylic oxidation sites excluding steroid dienone is 1. The first-order valence-electron chi connectivity index (χ1n) is 2.33. The van der Waals surface area contributed by atoms with Gasteiger partial charge >= 0.3 is 0 Å². The topological polar surface area (TPSA) is 37.3 Å². The van der Waals surface area contributed by atoms with Gasteiger partial charge in [0.25, 0.3) is 0 Å². The molecule has 0 amide bonds. The second-order valence-electron chi connectivity index (χ2n) is 1.75. The molecule has 2 heteroatoms. The van der Waals surface area contributed by atoms with Crippen LogP contribution >= 0.6 is 0 Å². The average Bonchev–Trinajstić information content (AvgIpc) is 1.65. The summed E-state index contributed by atoms with van der Waals surface area (Å²) < 4.78 is 0. The van der Waals surface area contributed by atoms with E-state index in [4.69, 9.17) is 5.11 Å². The van der Waals surface area contributed by atoms with E-state index in [0.29, 0.717) is 6.61 Å². The molecule has 0 fully saturated rings. The van der Waals surface area contributed by atoms with Crippen molar-refractivity contribution in [2.45, 2.75) is 13.8 Å². The maximum atomic E-state index is 10.2. The van der Waals surface area contributed by atoms with Gasteiger partial charge in [0, 0.05) is 0 Å². The van der Waals surface area contributed by atoms with Crippen LogP contribution in [0.2, 0.25) is 0 Å². The highest BCUT2D eigenvalue weighted by molar-refractivity contribution is 5.95. The Bertz CT molecular complexity index is 110. The lowest BCUT2D eigenvalue weighted by Gasteiger charge is -1.84. The van der Waals surface area contributed by atoms with Crippen LogP contribution in [0.4, 0.5) is 0 Å². The lowest BCUT2D eigenvalue weighted by atomic mass is 10.3. The van der Waals surface area contributed by atoms with Gasteiger partial charge in [-0.1, -0.05) is 5.57 Å². The zero-order valence-electron chi connectivity index (χ0n) is 5.01. The Kier molecular flexibility index (Phi) is 3.12. The van der Waals surface area contributed by atoms with Crippen LogP contribution in [-0.4, -0.2) is 10.9 Å². The van der Waals surface area contributed by atoms with Gasteiger partial charge in [-0.2, -0.15) is 0 Å². The molecule has 0 saturated heterocycles. The van der Waals surface area contributed by atoms with Crippen molar-refractivity contribution in [3.63, 3.8) is 0 Å². The van der Waals surface area contributed by atoms with Gasteiger partial charge in [0.1, 0.15) is 6.61 Å². The third-order valence-corrected chi connectivity index (χ3v) is 0.558. The number of carbonyl (C=O) groups is 1. The van der Waals surface area contributed by atoms with Crippen molar-refractivity contribution in [3.8, 4) is 0 Å². The molecule has 0 aliphatic carbocycles. The number of aliphatic hydroxyl groups is 1. The molecule has 0 unspecified atom stereocenters. The second kappa shape index (κ2) is 3.38. The Labute approximate surface area is 48.8 Å². The summed E-state index contributed by atoms with van der Waals surface area (Å²) in [6, 6.07) is 0. The maximum absolute atomic E-state index is 10.2. The van der Waals surface area contributed by atoms with E-state index in [-0.39, 0.29) is 5.78 Å². The quantitative estimate of drug-likeness (QED) is 0.543. The standard InChI is InChI=1S/C6H9O2/c1-5(2)3-6(8)4-7/h3-4,7H,1-2H3. The molecule has 0 atom stereocenters. The molecule has 0 aromatic rings. The first-order valence-corrected chi connectivity index (χ1v) is 2.33. The summed E-state index contributed by atoms with van der Waals surface area (Å²) in [5.41, 5.74) is 0.889. The zero-order chi connectivity index (χ0) is 6.57. The Morgan fingerprint density at radius 3 is 2.12 bits per heavy atom. The molecular formula is C6H9O2. The predicted molar refractivity (Wildman–Crippen MR) is 30.7 cm³/mol. The summed E-state index contributed by atoms with van der Waals surface area (Å²) in [5, 5.41) is 8.06. The highest BCUT2D eigenvalue weighted by Gasteiger charge is 1.90. The Morgan fingerprint density at radius 1 is 1.50 bits per heavy atom. The van der Waals surface area contributed by atoms with Crippen LogP contribution in [0, 0.1) is 6.61 Å². The Balaban J connectivity index is 3.70. The normalized spacial score (nSPS) is 8.38. The Morgan fingerprint density at radius 2 is 2.00 bits per heavy atom. The van der Waals surface area contributed by atoms with Gasteiger partial charge < -0.3 is 5.11 Å². The molecule has 0 aromatic heterocycles. The van der Waals surface area contributed by atoms with Crippen LogP contribution in [0.5, 0.6) is 0 Å². The fourth-order valence-electron chi connectivity index (χ4n) is 0.322. The van der Waals surface area contributed by atoms with Crippen molar-refractivity contribution in [2.24, 2.45) is 0 Å². The smallest absolute Gasteiger partial charge is 0.187 e. The van der Waals surface area contributed by atoms with E-state index in [1.54, 1.807) is 13.8 Å². The summed E-state index contributed by atoms with van der Waals surface area (Å²) in [6.45, 7) is 4.13. The number of hydrogen-bond acceptors (Lipinski definition) is 2. The zero-order valence-corrected chi connectivity index (χ0v) is 5.01. The molecule has 0 bridgehead atoms. The molecule has 0 saturated carbocycles. The van der Waals surface area contributed by atoms with Crippen LogP contribution in [-0.2, 0) is 4.79 Å². The van der Waals surface area contributed by atoms with E-state index in [1.165, 1.54) is 6.08 Å². The second-order valence-corrected chi connectivity index (χ2v) is 1.75. The van der Waals surface area contributed by atoms with E-state index < -0.39 is 0 Å². The summed E-state index contributed by atoms with van der Waals surface area (Å²) in [4.78, 5) is 10.2. The van der Waals surface area contributed by atoms with Gasteiger partial charge in [-0.05, 0) is 19.9 Å². The fraction of sp³-hybridized carbons (Fsp3) is 0.333. The van der Waals surface area contributed by atoms with Crippen molar-refractivity contribution in [2.75, 3.05) is 0 Å². The van der Waals surface area contributed by atoms with E-state index in [0.717, 1.165) is 5.57 Å². The van der Waals surface area contributed by atoms with Gasteiger partial charge in [0.15, 0.2) is 5.78 Å². The van der Waals surface area contributed by atoms with Gasteiger partial charge in [0.2, 0.25) is 0 Å². The molecule has 1 N–H and O–H groups in total. The molecule has 1 radical (unpaired) electrons. The third-order valence-electron chi connectivity index (χ3n) is 0.558. The first-order chi connectivity index (χ1) is 3.66. The molecule has 0 heterocycles. The van der Waals surface area contributed by atoms with Crippen LogP contribution in [0.3, 0.4) is 0 Å². The third kappa shape index (κ3) is 3.56. The lowest BCUT2D eigenvalue weighted by molar-refractivity contribution is -0.114. The van der Waals surface area contributed by atoms with Crippen LogP contribution < -0.4 is 0 Å². The summed E-state index contributed by atoms with van der Waals surface area (Å²) >= 11 is 0.